The predicted octanol–water partition coefficient (Wildman–Crippen LogP) is 4.63. The van der Waals surface area contributed by atoms with Crippen LogP contribution in [0.2, 0.25) is 0 Å². The topological polar surface area (TPSA) is 95.2 Å². The number of H-pyrrole nitrogens is 1. The van der Waals surface area contributed by atoms with Crippen molar-refractivity contribution in [1.82, 2.24) is 15.8 Å². The summed E-state index contributed by atoms with van der Waals surface area (Å²) in [6, 6.07) is 19.3. The number of thiophene rings is 1. The van der Waals surface area contributed by atoms with Gasteiger partial charge in [-0.1, -0.05) is 48.5 Å². The molecule has 0 spiro atoms. The molecule has 0 unspecified atom stereocenters. The van der Waals surface area contributed by atoms with Gasteiger partial charge in [0.2, 0.25) is 0 Å². The van der Waals surface area contributed by atoms with Crippen molar-refractivity contribution < 1.29 is 14.3 Å². The first-order valence-corrected chi connectivity index (χ1v) is 11.5. The largest absolute Gasteiger partial charge is 0.462 e. The maximum atomic E-state index is 12.6. The lowest BCUT2D eigenvalue weighted by Gasteiger charge is -2.11. The van der Waals surface area contributed by atoms with Crippen molar-refractivity contribution in [2.45, 2.75) is 13.3 Å². The van der Waals surface area contributed by atoms with Crippen molar-refractivity contribution >= 4 is 56.4 Å². The van der Waals surface area contributed by atoms with Crippen molar-refractivity contribution in [2.75, 3.05) is 11.9 Å². The summed E-state index contributed by atoms with van der Waals surface area (Å²) in [6.45, 7) is 2.03. The van der Waals surface area contributed by atoms with E-state index < -0.39 is 5.97 Å². The minimum Gasteiger partial charge on any atom is -0.462 e. The first-order chi connectivity index (χ1) is 16.0. The number of para-hydroxylation sites is 1. The van der Waals surface area contributed by atoms with Gasteiger partial charge in [-0.2, -0.15) is 0 Å². The second-order valence-corrected chi connectivity index (χ2v) is 8.66. The van der Waals surface area contributed by atoms with Crippen LogP contribution in [0.1, 0.15) is 38.1 Å². The van der Waals surface area contributed by atoms with Crippen LogP contribution in [0.3, 0.4) is 0 Å². The van der Waals surface area contributed by atoms with E-state index in [1.807, 2.05) is 60.7 Å². The van der Waals surface area contributed by atoms with Gasteiger partial charge in [0.1, 0.15) is 5.00 Å². The summed E-state index contributed by atoms with van der Waals surface area (Å²) >= 11 is 6.75. The molecule has 0 fully saturated rings. The van der Waals surface area contributed by atoms with Crippen LogP contribution in [0.4, 0.5) is 5.00 Å². The lowest BCUT2D eigenvalue weighted by molar-refractivity contribution is 0.0528. The minimum atomic E-state index is -0.429. The molecule has 0 radical (unpaired) electrons. The zero-order valence-electron chi connectivity index (χ0n) is 17.8. The number of thiocarbonyl (C=S) groups is 1. The molecule has 4 N–H and O–H groups in total. The van der Waals surface area contributed by atoms with Gasteiger partial charge in [0.25, 0.3) is 5.91 Å². The molecule has 33 heavy (non-hydrogen) atoms. The maximum absolute atomic E-state index is 12.6. The van der Waals surface area contributed by atoms with Crippen molar-refractivity contribution in [3.63, 3.8) is 0 Å². The summed E-state index contributed by atoms with van der Waals surface area (Å²) in [6.07, 6.45) is 2.32. The zero-order valence-corrected chi connectivity index (χ0v) is 19.4. The normalized spacial score (nSPS) is 10.6. The van der Waals surface area contributed by atoms with E-state index >= 15 is 0 Å². The Morgan fingerprint density at radius 1 is 1.03 bits per heavy atom. The molecule has 7 nitrogen and oxygen atoms in total. The Labute approximate surface area is 200 Å². The molecule has 4 rings (SSSR count). The van der Waals surface area contributed by atoms with Gasteiger partial charge in [0, 0.05) is 28.4 Å². The maximum Gasteiger partial charge on any atom is 0.341 e. The fourth-order valence-electron chi connectivity index (χ4n) is 3.35. The predicted molar refractivity (Wildman–Crippen MR) is 135 cm³/mol. The highest BCUT2D eigenvalue weighted by atomic mass is 32.1. The molecule has 1 amide bonds. The molecule has 0 aliphatic carbocycles. The van der Waals surface area contributed by atoms with E-state index in [2.05, 4.69) is 21.2 Å². The van der Waals surface area contributed by atoms with E-state index in [1.165, 1.54) is 11.3 Å². The second kappa shape index (κ2) is 10.3. The highest BCUT2D eigenvalue weighted by molar-refractivity contribution is 7.80. The number of rotatable bonds is 6. The van der Waals surface area contributed by atoms with E-state index in [9.17, 15) is 9.59 Å². The van der Waals surface area contributed by atoms with Gasteiger partial charge in [0.05, 0.1) is 17.7 Å². The number of amides is 1. The second-order valence-electron chi connectivity index (χ2n) is 7.12. The van der Waals surface area contributed by atoms with Gasteiger partial charge in [-0.25, -0.2) is 4.79 Å². The molecule has 0 aliphatic rings. The SMILES string of the molecule is CCOC(=O)c1cc(Cc2ccccc2)sc1NC(=S)NNC(=O)c1c[nH]c2ccccc12. The Kier molecular flexibility index (Phi) is 7.01. The molecule has 168 valence electrons. The number of anilines is 1. The molecule has 2 aromatic heterocycles. The van der Waals surface area contributed by atoms with Crippen LogP contribution < -0.4 is 16.2 Å². The Bertz CT molecular complexity index is 1300. The quantitative estimate of drug-likeness (QED) is 0.183. The molecule has 0 atom stereocenters. The number of carbonyl (C=O) groups is 2. The van der Waals surface area contributed by atoms with Crippen molar-refractivity contribution in [3.8, 4) is 0 Å². The van der Waals surface area contributed by atoms with Gasteiger partial charge in [-0.15, -0.1) is 11.3 Å². The van der Waals surface area contributed by atoms with Crippen LogP contribution in [0, 0.1) is 0 Å². The number of aromatic amines is 1. The molecule has 9 heteroatoms. The number of esters is 1. The van der Waals surface area contributed by atoms with Crippen LogP contribution in [-0.4, -0.2) is 28.6 Å². The summed E-state index contributed by atoms with van der Waals surface area (Å²) in [5, 5.41) is 4.53. The molecule has 0 saturated carbocycles. The average molecular weight is 479 g/mol. The molecule has 0 aliphatic heterocycles. The molecular weight excluding hydrogens is 456 g/mol. The van der Waals surface area contributed by atoms with Gasteiger partial charge in [-0.3, -0.25) is 15.6 Å². The summed E-state index contributed by atoms with van der Waals surface area (Å²) in [4.78, 5) is 29.1. The fourth-order valence-corrected chi connectivity index (χ4v) is 4.65. The Balaban J connectivity index is 1.44. The van der Waals surface area contributed by atoms with E-state index in [-0.39, 0.29) is 17.6 Å². The molecule has 4 aromatic rings. The number of aromatic nitrogens is 1. The average Bonchev–Trinajstić information content (AvgIpc) is 3.42. The van der Waals surface area contributed by atoms with Gasteiger partial charge < -0.3 is 15.0 Å². The molecule has 2 aromatic carbocycles. The first kappa shape index (κ1) is 22.5. The highest BCUT2D eigenvalue weighted by Crippen LogP contribution is 2.30. The summed E-state index contributed by atoms with van der Waals surface area (Å²) in [5.74, 6) is -0.764. The van der Waals surface area contributed by atoms with E-state index in [1.54, 1.807) is 13.1 Å². The lowest BCUT2D eigenvalue weighted by atomic mass is 10.1. The number of benzene rings is 2. The number of carbonyl (C=O) groups excluding carboxylic acids is 2. The van der Waals surface area contributed by atoms with Gasteiger partial charge in [-0.05, 0) is 36.8 Å². The van der Waals surface area contributed by atoms with Crippen LogP contribution >= 0.6 is 23.6 Å². The van der Waals surface area contributed by atoms with E-state index in [0.717, 1.165) is 21.3 Å². The summed E-state index contributed by atoms with van der Waals surface area (Å²) in [5.41, 5.74) is 8.19. The summed E-state index contributed by atoms with van der Waals surface area (Å²) in [7, 11) is 0. The third kappa shape index (κ3) is 5.39. The number of hydrogen-bond donors (Lipinski definition) is 4. The minimum absolute atomic E-state index is 0.154. The Morgan fingerprint density at radius 3 is 2.58 bits per heavy atom. The fraction of sp³-hybridized carbons (Fsp3) is 0.125. The van der Waals surface area contributed by atoms with E-state index in [0.29, 0.717) is 22.5 Å². The number of nitrogens with one attached hydrogen (secondary N) is 4. The van der Waals surface area contributed by atoms with Crippen LogP contribution in [-0.2, 0) is 11.2 Å². The first-order valence-electron chi connectivity index (χ1n) is 10.3. The molecule has 2 heterocycles. The number of ether oxygens (including phenoxy) is 1. The van der Waals surface area contributed by atoms with Crippen LogP contribution in [0.25, 0.3) is 10.9 Å². The number of hydrazine groups is 1. The monoisotopic (exact) mass is 478 g/mol. The smallest absolute Gasteiger partial charge is 0.341 e. The summed E-state index contributed by atoms with van der Waals surface area (Å²) < 4.78 is 5.19. The van der Waals surface area contributed by atoms with Crippen LogP contribution in [0.15, 0.2) is 66.9 Å². The van der Waals surface area contributed by atoms with Gasteiger partial charge >= 0.3 is 5.97 Å². The third-order valence-corrected chi connectivity index (χ3v) is 6.10. The molecular formula is C24H22N4O3S2. The third-order valence-electron chi connectivity index (χ3n) is 4.85. The molecule has 0 saturated heterocycles. The standard InChI is InChI=1S/C24H22N4O3S2/c1-2-31-23(30)18-13-16(12-15-8-4-3-5-9-15)33-22(18)26-24(32)28-27-21(29)19-14-25-20-11-7-6-10-17(19)20/h3-11,13-14,25H,2,12H2,1H3,(H,27,29)(H2,26,28,32). The number of fused-ring (bicyclic) bond motifs is 1. The lowest BCUT2D eigenvalue weighted by Crippen LogP contribution is -2.43. The van der Waals surface area contributed by atoms with E-state index in [4.69, 9.17) is 17.0 Å². The zero-order chi connectivity index (χ0) is 23.2. The van der Waals surface area contributed by atoms with Crippen molar-refractivity contribution in [3.05, 3.63) is 88.4 Å². The van der Waals surface area contributed by atoms with Crippen molar-refractivity contribution in [2.24, 2.45) is 0 Å². The van der Waals surface area contributed by atoms with Crippen LogP contribution in [0.5, 0.6) is 0 Å². The highest BCUT2D eigenvalue weighted by Gasteiger charge is 2.19. The Hall–Kier alpha value is -3.69. The Morgan fingerprint density at radius 2 is 1.79 bits per heavy atom. The van der Waals surface area contributed by atoms with Crippen molar-refractivity contribution in [1.29, 1.82) is 0 Å². The van der Waals surface area contributed by atoms with Gasteiger partial charge in [0.15, 0.2) is 5.11 Å². The molecule has 0 bridgehead atoms. The number of hydrogen-bond acceptors (Lipinski definition) is 5.